The Morgan fingerprint density at radius 1 is 1.17 bits per heavy atom. The van der Waals surface area contributed by atoms with Gasteiger partial charge in [-0.25, -0.2) is 4.39 Å². The van der Waals surface area contributed by atoms with Gasteiger partial charge < -0.3 is 10.2 Å². The van der Waals surface area contributed by atoms with Gasteiger partial charge in [-0.3, -0.25) is 9.59 Å². The van der Waals surface area contributed by atoms with Crippen LogP contribution in [0.25, 0.3) is 0 Å². The van der Waals surface area contributed by atoms with Crippen molar-refractivity contribution in [3.05, 3.63) is 35.6 Å². The summed E-state index contributed by atoms with van der Waals surface area (Å²) < 4.78 is 12.8. The van der Waals surface area contributed by atoms with E-state index in [4.69, 9.17) is 0 Å². The van der Waals surface area contributed by atoms with Crippen molar-refractivity contribution in [3.63, 3.8) is 0 Å². The maximum absolute atomic E-state index is 12.8. The molecule has 1 fully saturated rings. The average molecular weight is 320 g/mol. The lowest BCUT2D eigenvalue weighted by atomic mass is 9.90. The fraction of sp³-hybridized carbons (Fsp3) is 0.556. The van der Waals surface area contributed by atoms with Gasteiger partial charge in [-0.2, -0.15) is 0 Å². The fourth-order valence-corrected chi connectivity index (χ4v) is 2.75. The Labute approximate surface area is 137 Å². The molecule has 1 aromatic rings. The van der Waals surface area contributed by atoms with Crippen LogP contribution in [0.2, 0.25) is 0 Å². The van der Waals surface area contributed by atoms with Crippen molar-refractivity contribution < 1.29 is 14.0 Å². The first kappa shape index (κ1) is 17.4. The van der Waals surface area contributed by atoms with Crippen LogP contribution in [0.4, 0.5) is 4.39 Å². The quantitative estimate of drug-likeness (QED) is 0.931. The number of amides is 2. The van der Waals surface area contributed by atoms with Gasteiger partial charge in [0.25, 0.3) is 0 Å². The van der Waals surface area contributed by atoms with Crippen molar-refractivity contribution in [1.29, 1.82) is 0 Å². The smallest absolute Gasteiger partial charge is 0.227 e. The number of nitrogens with zero attached hydrogens (tertiary/aromatic N) is 1. The van der Waals surface area contributed by atoms with Crippen molar-refractivity contribution in [2.75, 3.05) is 13.1 Å². The Hall–Kier alpha value is -1.91. The molecule has 0 aliphatic carbocycles. The predicted molar refractivity (Wildman–Crippen MR) is 87.0 cm³/mol. The van der Waals surface area contributed by atoms with Gasteiger partial charge in [0.1, 0.15) is 5.82 Å². The van der Waals surface area contributed by atoms with Crippen molar-refractivity contribution in [2.24, 2.45) is 11.3 Å². The molecule has 1 aliphatic heterocycles. The first-order valence-electron chi connectivity index (χ1n) is 8.09. The molecule has 4 nitrogen and oxygen atoms in total. The lowest BCUT2D eigenvalue weighted by molar-refractivity contribution is -0.142. The number of hydrogen-bond donors (Lipinski definition) is 1. The molecular formula is C18H25FN2O2. The number of benzene rings is 1. The monoisotopic (exact) mass is 320 g/mol. The highest BCUT2D eigenvalue weighted by molar-refractivity contribution is 5.82. The molecule has 0 aromatic heterocycles. The highest BCUT2D eigenvalue weighted by Gasteiger charge is 2.32. The van der Waals surface area contributed by atoms with E-state index in [0.717, 1.165) is 5.56 Å². The van der Waals surface area contributed by atoms with E-state index in [1.165, 1.54) is 12.1 Å². The van der Waals surface area contributed by atoms with Crippen molar-refractivity contribution in [1.82, 2.24) is 10.2 Å². The summed E-state index contributed by atoms with van der Waals surface area (Å²) in [5.74, 6) is -0.185. The molecular weight excluding hydrogens is 295 g/mol. The normalized spacial score (nSPS) is 16.3. The van der Waals surface area contributed by atoms with Crippen LogP contribution in [0.15, 0.2) is 24.3 Å². The molecule has 126 valence electrons. The maximum atomic E-state index is 12.8. The minimum Gasteiger partial charge on any atom is -0.352 e. The van der Waals surface area contributed by atoms with Crippen molar-refractivity contribution >= 4 is 11.8 Å². The molecule has 2 rings (SSSR count). The van der Waals surface area contributed by atoms with Gasteiger partial charge in [0.05, 0.1) is 0 Å². The third kappa shape index (κ3) is 4.78. The Morgan fingerprint density at radius 2 is 1.74 bits per heavy atom. The van der Waals surface area contributed by atoms with Gasteiger partial charge in [-0.05, 0) is 30.5 Å². The molecule has 0 saturated carbocycles. The maximum Gasteiger partial charge on any atom is 0.227 e. The van der Waals surface area contributed by atoms with E-state index >= 15 is 0 Å². The summed E-state index contributed by atoms with van der Waals surface area (Å²) in [5, 5.41) is 2.90. The van der Waals surface area contributed by atoms with E-state index in [1.54, 1.807) is 12.1 Å². The Kier molecular flexibility index (Phi) is 5.39. The third-order valence-corrected chi connectivity index (χ3v) is 4.17. The van der Waals surface area contributed by atoms with Crippen LogP contribution in [0.5, 0.6) is 0 Å². The van der Waals surface area contributed by atoms with Crippen LogP contribution in [0, 0.1) is 17.2 Å². The zero-order chi connectivity index (χ0) is 17.0. The Balaban J connectivity index is 1.79. The van der Waals surface area contributed by atoms with Gasteiger partial charge >= 0.3 is 0 Å². The zero-order valence-electron chi connectivity index (χ0n) is 14.1. The molecule has 0 spiro atoms. The van der Waals surface area contributed by atoms with Crippen LogP contribution >= 0.6 is 0 Å². The predicted octanol–water partition coefficient (Wildman–Crippen LogP) is 2.73. The SMILES string of the molecule is CC(C)(C)C(=O)N1CCC(C(=O)NCc2ccc(F)cc2)CC1. The fourth-order valence-electron chi connectivity index (χ4n) is 2.75. The van der Waals surface area contributed by atoms with Crippen LogP contribution in [0.3, 0.4) is 0 Å². The number of piperidine rings is 1. The summed E-state index contributed by atoms with van der Waals surface area (Å²) in [5.41, 5.74) is 0.498. The molecule has 1 heterocycles. The van der Waals surface area contributed by atoms with Gasteiger partial charge in [0.2, 0.25) is 11.8 Å². The number of nitrogens with one attached hydrogen (secondary N) is 1. The lowest BCUT2D eigenvalue weighted by Gasteiger charge is -2.35. The van der Waals surface area contributed by atoms with Crippen LogP contribution in [-0.4, -0.2) is 29.8 Å². The van der Waals surface area contributed by atoms with Crippen LogP contribution in [-0.2, 0) is 16.1 Å². The third-order valence-electron chi connectivity index (χ3n) is 4.17. The molecule has 1 N–H and O–H groups in total. The zero-order valence-corrected chi connectivity index (χ0v) is 14.1. The standard InChI is InChI=1S/C18H25FN2O2/c1-18(2,3)17(23)21-10-8-14(9-11-21)16(22)20-12-13-4-6-15(19)7-5-13/h4-7,14H,8-12H2,1-3H3,(H,20,22). The van der Waals surface area contributed by atoms with Gasteiger partial charge in [0, 0.05) is 31.0 Å². The van der Waals surface area contributed by atoms with Crippen LogP contribution < -0.4 is 5.32 Å². The Morgan fingerprint density at radius 3 is 2.26 bits per heavy atom. The first-order chi connectivity index (χ1) is 10.8. The summed E-state index contributed by atoms with van der Waals surface area (Å²) in [6, 6.07) is 6.11. The summed E-state index contributed by atoms with van der Waals surface area (Å²) in [4.78, 5) is 26.3. The first-order valence-corrected chi connectivity index (χ1v) is 8.09. The summed E-state index contributed by atoms with van der Waals surface area (Å²) >= 11 is 0. The Bertz CT molecular complexity index is 555. The van der Waals surface area contributed by atoms with E-state index in [-0.39, 0.29) is 29.0 Å². The molecule has 0 atom stereocenters. The largest absolute Gasteiger partial charge is 0.352 e. The second kappa shape index (κ2) is 7.11. The van der Waals surface area contributed by atoms with Crippen molar-refractivity contribution in [3.8, 4) is 0 Å². The highest BCUT2D eigenvalue weighted by Crippen LogP contribution is 2.23. The number of halogens is 1. The molecule has 2 amide bonds. The number of hydrogen-bond acceptors (Lipinski definition) is 2. The summed E-state index contributed by atoms with van der Waals surface area (Å²) in [7, 11) is 0. The molecule has 23 heavy (non-hydrogen) atoms. The number of carbonyl (C=O) groups is 2. The van der Waals surface area contributed by atoms with E-state index in [0.29, 0.717) is 32.5 Å². The molecule has 1 aromatic carbocycles. The van der Waals surface area contributed by atoms with Gasteiger partial charge in [-0.15, -0.1) is 0 Å². The molecule has 0 unspecified atom stereocenters. The summed E-state index contributed by atoms with van der Waals surface area (Å²) in [6.45, 7) is 7.40. The molecule has 0 radical (unpaired) electrons. The molecule has 1 saturated heterocycles. The minimum absolute atomic E-state index is 0.0113. The molecule has 0 bridgehead atoms. The molecule has 1 aliphatic rings. The minimum atomic E-state index is -0.377. The van der Waals surface area contributed by atoms with E-state index < -0.39 is 0 Å². The van der Waals surface area contributed by atoms with E-state index in [1.807, 2.05) is 25.7 Å². The highest BCUT2D eigenvalue weighted by atomic mass is 19.1. The number of rotatable bonds is 3. The topological polar surface area (TPSA) is 49.4 Å². The average Bonchev–Trinajstić information content (AvgIpc) is 2.52. The van der Waals surface area contributed by atoms with Gasteiger partial charge in [0.15, 0.2) is 0 Å². The second-order valence-electron chi connectivity index (χ2n) is 7.16. The van der Waals surface area contributed by atoms with E-state index in [9.17, 15) is 14.0 Å². The molecule has 5 heteroatoms. The number of carbonyl (C=O) groups excluding carboxylic acids is 2. The van der Waals surface area contributed by atoms with Gasteiger partial charge in [-0.1, -0.05) is 32.9 Å². The second-order valence-corrected chi connectivity index (χ2v) is 7.16. The van der Waals surface area contributed by atoms with Crippen molar-refractivity contribution in [2.45, 2.75) is 40.2 Å². The lowest BCUT2D eigenvalue weighted by Crippen LogP contribution is -2.46. The van der Waals surface area contributed by atoms with E-state index in [2.05, 4.69) is 5.32 Å². The summed E-state index contributed by atoms with van der Waals surface area (Å²) in [6.07, 6.45) is 1.38. The van der Waals surface area contributed by atoms with Crippen LogP contribution in [0.1, 0.15) is 39.2 Å². The number of likely N-dealkylation sites (tertiary alicyclic amines) is 1.